The van der Waals surface area contributed by atoms with Gasteiger partial charge in [-0.3, -0.25) is 4.57 Å². The zero-order chi connectivity index (χ0) is 22.3. The maximum Gasteiger partial charge on any atom is 0.348 e. The summed E-state index contributed by atoms with van der Waals surface area (Å²) in [5.74, 6) is 1.36. The number of rotatable bonds is 6. The fourth-order valence-electron chi connectivity index (χ4n) is 4.14. The SMILES string of the molecule is CC(C)c1ccc(-c2nc(=O)n(CCC(C)(C)C)c3ccc(O)c(CC4CC4)c23)cc1. The molecule has 4 heteroatoms. The highest BCUT2D eigenvalue weighted by Gasteiger charge is 2.26. The second-order valence-corrected chi connectivity index (χ2v) is 10.6. The molecule has 0 atom stereocenters. The number of hydrogen-bond acceptors (Lipinski definition) is 3. The Hall–Kier alpha value is -2.62. The molecule has 1 N–H and O–H groups in total. The second-order valence-electron chi connectivity index (χ2n) is 10.6. The standard InChI is InChI=1S/C27H34N2O2/c1-17(2)19-8-10-20(11-9-19)25-24-21(16-18-6-7-18)23(30)13-12-22(24)29(26(31)28-25)15-14-27(3,4)5/h8-13,17-18,30H,6-7,14-16H2,1-5H3. The van der Waals surface area contributed by atoms with E-state index in [0.29, 0.717) is 29.8 Å². The Morgan fingerprint density at radius 1 is 1.10 bits per heavy atom. The number of hydrogen-bond donors (Lipinski definition) is 1. The number of phenols is 1. The number of nitrogens with zero attached hydrogens (tertiary/aromatic N) is 2. The molecule has 1 heterocycles. The molecule has 3 aromatic rings. The highest BCUT2D eigenvalue weighted by atomic mass is 16.3. The molecule has 0 unspecified atom stereocenters. The Morgan fingerprint density at radius 3 is 2.35 bits per heavy atom. The maximum absolute atomic E-state index is 13.1. The Bertz CT molecular complexity index is 1150. The average Bonchev–Trinajstić information content (AvgIpc) is 3.52. The molecule has 4 rings (SSSR count). The van der Waals surface area contributed by atoms with Crippen molar-refractivity contribution in [1.29, 1.82) is 0 Å². The second kappa shape index (κ2) is 8.14. The van der Waals surface area contributed by atoms with Crippen LogP contribution in [0.15, 0.2) is 41.2 Å². The van der Waals surface area contributed by atoms with Crippen molar-refractivity contribution < 1.29 is 5.11 Å². The number of fused-ring (bicyclic) bond motifs is 1. The van der Waals surface area contributed by atoms with Gasteiger partial charge in [0.05, 0.1) is 11.2 Å². The van der Waals surface area contributed by atoms with Gasteiger partial charge < -0.3 is 5.11 Å². The quantitative estimate of drug-likeness (QED) is 0.512. The highest BCUT2D eigenvalue weighted by Crippen LogP contribution is 2.40. The maximum atomic E-state index is 13.1. The van der Waals surface area contributed by atoms with Crippen molar-refractivity contribution in [3.63, 3.8) is 0 Å². The van der Waals surface area contributed by atoms with Gasteiger partial charge in [-0.2, -0.15) is 4.98 Å². The first-order chi connectivity index (χ1) is 14.6. The molecular formula is C27H34N2O2. The van der Waals surface area contributed by atoms with Gasteiger partial charge in [0, 0.05) is 23.1 Å². The minimum Gasteiger partial charge on any atom is -0.508 e. The van der Waals surface area contributed by atoms with E-state index in [-0.39, 0.29) is 11.1 Å². The molecule has 0 amide bonds. The molecule has 0 bridgehead atoms. The summed E-state index contributed by atoms with van der Waals surface area (Å²) in [5.41, 5.74) is 4.58. The van der Waals surface area contributed by atoms with Crippen LogP contribution < -0.4 is 5.69 Å². The minimum absolute atomic E-state index is 0.116. The monoisotopic (exact) mass is 418 g/mol. The van der Waals surface area contributed by atoms with E-state index in [4.69, 9.17) is 0 Å². The lowest BCUT2D eigenvalue weighted by Gasteiger charge is -2.21. The number of aromatic hydroxyl groups is 1. The van der Waals surface area contributed by atoms with E-state index in [9.17, 15) is 9.90 Å². The summed E-state index contributed by atoms with van der Waals surface area (Å²) in [5, 5.41) is 11.7. The molecule has 0 saturated heterocycles. The van der Waals surface area contributed by atoms with Crippen LogP contribution in [0.4, 0.5) is 0 Å². The lowest BCUT2D eigenvalue weighted by atomic mass is 9.92. The van der Waals surface area contributed by atoms with Crippen molar-refractivity contribution in [2.75, 3.05) is 0 Å². The molecule has 1 aliphatic rings. The topological polar surface area (TPSA) is 55.1 Å². The summed E-state index contributed by atoms with van der Waals surface area (Å²) < 4.78 is 1.79. The van der Waals surface area contributed by atoms with Gasteiger partial charge in [-0.15, -0.1) is 0 Å². The van der Waals surface area contributed by atoms with E-state index >= 15 is 0 Å². The van der Waals surface area contributed by atoms with Gasteiger partial charge in [0.1, 0.15) is 5.75 Å². The Labute approximate surface area is 185 Å². The van der Waals surface area contributed by atoms with Crippen molar-refractivity contribution in [3.8, 4) is 17.0 Å². The molecule has 164 valence electrons. The predicted molar refractivity (Wildman–Crippen MR) is 128 cm³/mol. The van der Waals surface area contributed by atoms with Gasteiger partial charge in [-0.25, -0.2) is 4.79 Å². The third-order valence-corrected chi connectivity index (χ3v) is 6.36. The van der Waals surface area contributed by atoms with Gasteiger partial charge in [-0.05, 0) is 60.6 Å². The van der Waals surface area contributed by atoms with E-state index in [0.717, 1.165) is 34.9 Å². The predicted octanol–water partition coefficient (Wildman–Crippen LogP) is 6.28. The molecule has 1 fully saturated rings. The zero-order valence-corrected chi connectivity index (χ0v) is 19.4. The first kappa shape index (κ1) is 21.6. The van der Waals surface area contributed by atoms with Crippen molar-refractivity contribution >= 4 is 10.9 Å². The number of benzene rings is 2. The van der Waals surface area contributed by atoms with Crippen LogP contribution in [-0.2, 0) is 13.0 Å². The third kappa shape index (κ3) is 4.68. The van der Waals surface area contributed by atoms with Crippen LogP contribution >= 0.6 is 0 Å². The van der Waals surface area contributed by atoms with E-state index in [1.807, 2.05) is 6.07 Å². The lowest BCUT2D eigenvalue weighted by Crippen LogP contribution is -2.26. The van der Waals surface area contributed by atoms with E-state index < -0.39 is 0 Å². The van der Waals surface area contributed by atoms with Crippen LogP contribution in [0.5, 0.6) is 5.75 Å². The molecule has 0 aliphatic heterocycles. The van der Waals surface area contributed by atoms with Crippen LogP contribution in [0.25, 0.3) is 22.2 Å². The van der Waals surface area contributed by atoms with Crippen molar-refractivity contribution in [3.05, 3.63) is 58.0 Å². The Balaban J connectivity index is 1.94. The number of aromatic nitrogens is 2. The van der Waals surface area contributed by atoms with Gasteiger partial charge in [0.15, 0.2) is 0 Å². The molecule has 4 nitrogen and oxygen atoms in total. The molecule has 31 heavy (non-hydrogen) atoms. The van der Waals surface area contributed by atoms with E-state index in [1.54, 1.807) is 10.6 Å². The van der Waals surface area contributed by atoms with Crippen molar-refractivity contribution in [2.45, 2.75) is 72.8 Å². The average molecular weight is 419 g/mol. The smallest absolute Gasteiger partial charge is 0.348 e. The lowest BCUT2D eigenvalue weighted by molar-refractivity contribution is 0.349. The Morgan fingerprint density at radius 2 is 1.77 bits per heavy atom. The normalized spacial score (nSPS) is 14.5. The van der Waals surface area contributed by atoms with Crippen LogP contribution in [0.3, 0.4) is 0 Å². The molecule has 0 spiro atoms. The summed E-state index contributed by atoms with van der Waals surface area (Å²) in [4.78, 5) is 17.7. The molecule has 1 aromatic heterocycles. The Kier molecular flexibility index (Phi) is 5.67. The van der Waals surface area contributed by atoms with Crippen molar-refractivity contribution in [1.82, 2.24) is 9.55 Å². The first-order valence-corrected chi connectivity index (χ1v) is 11.5. The van der Waals surface area contributed by atoms with Gasteiger partial charge >= 0.3 is 5.69 Å². The van der Waals surface area contributed by atoms with E-state index in [1.165, 1.54) is 18.4 Å². The summed E-state index contributed by atoms with van der Waals surface area (Å²) in [6.07, 6.45) is 4.11. The molecule has 0 radical (unpaired) electrons. The van der Waals surface area contributed by atoms with Gasteiger partial charge in [0.2, 0.25) is 0 Å². The number of aryl methyl sites for hydroxylation is 1. The zero-order valence-electron chi connectivity index (χ0n) is 19.4. The summed E-state index contributed by atoms with van der Waals surface area (Å²) in [6.45, 7) is 11.5. The molecule has 1 saturated carbocycles. The molecule has 1 aliphatic carbocycles. The van der Waals surface area contributed by atoms with Gasteiger partial charge in [-0.1, -0.05) is 58.9 Å². The van der Waals surface area contributed by atoms with E-state index in [2.05, 4.69) is 63.9 Å². The van der Waals surface area contributed by atoms with Crippen molar-refractivity contribution in [2.24, 2.45) is 11.3 Å². The minimum atomic E-state index is -0.220. The summed E-state index contributed by atoms with van der Waals surface area (Å²) >= 11 is 0. The number of phenolic OH excluding ortho intramolecular Hbond substituents is 1. The third-order valence-electron chi connectivity index (χ3n) is 6.36. The fourth-order valence-corrected chi connectivity index (χ4v) is 4.14. The van der Waals surface area contributed by atoms with Crippen LogP contribution in [-0.4, -0.2) is 14.7 Å². The largest absolute Gasteiger partial charge is 0.508 e. The highest BCUT2D eigenvalue weighted by molar-refractivity contribution is 5.96. The van der Waals surface area contributed by atoms with Crippen LogP contribution in [0, 0.1) is 11.3 Å². The van der Waals surface area contributed by atoms with Crippen LogP contribution in [0.2, 0.25) is 0 Å². The first-order valence-electron chi connectivity index (χ1n) is 11.5. The summed E-state index contributed by atoms with van der Waals surface area (Å²) in [7, 11) is 0. The van der Waals surface area contributed by atoms with Gasteiger partial charge in [0.25, 0.3) is 0 Å². The molecule has 2 aromatic carbocycles. The summed E-state index contributed by atoms with van der Waals surface area (Å²) in [6, 6.07) is 12.0. The fraction of sp³-hybridized carbons (Fsp3) is 0.481. The van der Waals surface area contributed by atoms with Crippen LogP contribution in [0.1, 0.15) is 70.9 Å². The molecular weight excluding hydrogens is 384 g/mol.